The third-order valence-corrected chi connectivity index (χ3v) is 2.64. The monoisotopic (exact) mass is 231 g/mol. The first-order chi connectivity index (χ1) is 8.29. The van der Waals surface area contributed by atoms with E-state index in [2.05, 4.69) is 15.6 Å². The highest BCUT2D eigenvalue weighted by molar-refractivity contribution is 6.00. The van der Waals surface area contributed by atoms with Gasteiger partial charge in [0.1, 0.15) is 5.84 Å². The number of carbonyl (C=O) groups is 1. The SMILES string of the molecule is CCC(=O)Nc1cccc(C2=NCCCN2)c1. The molecule has 0 saturated carbocycles. The molecule has 4 heteroatoms. The van der Waals surface area contributed by atoms with E-state index in [0.29, 0.717) is 6.42 Å². The van der Waals surface area contributed by atoms with E-state index in [1.807, 2.05) is 31.2 Å². The Morgan fingerprint density at radius 1 is 1.53 bits per heavy atom. The third-order valence-electron chi connectivity index (χ3n) is 2.64. The maximum Gasteiger partial charge on any atom is 0.224 e. The van der Waals surface area contributed by atoms with E-state index in [-0.39, 0.29) is 5.91 Å². The van der Waals surface area contributed by atoms with Crippen LogP contribution in [0.5, 0.6) is 0 Å². The molecule has 0 fully saturated rings. The standard InChI is InChI=1S/C13H17N3O/c1-2-12(17)16-11-6-3-5-10(9-11)13-14-7-4-8-15-13/h3,5-6,9H,2,4,7-8H2,1H3,(H,14,15)(H,16,17). The Balaban J connectivity index is 2.16. The first-order valence-electron chi connectivity index (χ1n) is 5.98. The number of amidine groups is 1. The van der Waals surface area contributed by atoms with Gasteiger partial charge in [0.2, 0.25) is 5.91 Å². The van der Waals surface area contributed by atoms with E-state index in [4.69, 9.17) is 0 Å². The van der Waals surface area contributed by atoms with Crippen LogP contribution in [0.15, 0.2) is 29.3 Å². The summed E-state index contributed by atoms with van der Waals surface area (Å²) in [5, 5.41) is 6.12. The molecular weight excluding hydrogens is 214 g/mol. The van der Waals surface area contributed by atoms with E-state index in [9.17, 15) is 4.79 Å². The first kappa shape index (κ1) is 11.6. The van der Waals surface area contributed by atoms with Crippen LogP contribution in [0.3, 0.4) is 0 Å². The van der Waals surface area contributed by atoms with Gasteiger partial charge in [-0.1, -0.05) is 19.1 Å². The fourth-order valence-electron chi connectivity index (χ4n) is 1.72. The Labute approximate surface area is 101 Å². The normalized spacial score (nSPS) is 14.8. The molecule has 1 aromatic rings. The minimum absolute atomic E-state index is 0.0284. The molecule has 0 atom stereocenters. The number of benzene rings is 1. The number of hydrogen-bond donors (Lipinski definition) is 2. The lowest BCUT2D eigenvalue weighted by Crippen LogP contribution is -2.30. The van der Waals surface area contributed by atoms with Crippen LogP contribution < -0.4 is 10.6 Å². The van der Waals surface area contributed by atoms with Crippen LogP contribution in [0.1, 0.15) is 25.3 Å². The average molecular weight is 231 g/mol. The van der Waals surface area contributed by atoms with Gasteiger partial charge in [0.25, 0.3) is 0 Å². The van der Waals surface area contributed by atoms with Crippen LogP contribution >= 0.6 is 0 Å². The van der Waals surface area contributed by atoms with Crippen LogP contribution in [0.4, 0.5) is 5.69 Å². The highest BCUT2D eigenvalue weighted by Gasteiger charge is 2.07. The molecule has 0 saturated heterocycles. The summed E-state index contributed by atoms with van der Waals surface area (Å²) in [4.78, 5) is 15.7. The van der Waals surface area contributed by atoms with Crippen LogP contribution in [0.25, 0.3) is 0 Å². The van der Waals surface area contributed by atoms with Crippen LogP contribution in [0, 0.1) is 0 Å². The second-order valence-electron chi connectivity index (χ2n) is 3.99. The zero-order valence-electron chi connectivity index (χ0n) is 9.99. The molecule has 0 radical (unpaired) electrons. The Morgan fingerprint density at radius 2 is 2.41 bits per heavy atom. The lowest BCUT2D eigenvalue weighted by molar-refractivity contribution is -0.115. The predicted octanol–water partition coefficient (Wildman–Crippen LogP) is 1.77. The van der Waals surface area contributed by atoms with Crippen molar-refractivity contribution < 1.29 is 4.79 Å². The van der Waals surface area contributed by atoms with Gasteiger partial charge in [-0.3, -0.25) is 9.79 Å². The Morgan fingerprint density at radius 3 is 3.12 bits per heavy atom. The zero-order valence-corrected chi connectivity index (χ0v) is 9.99. The van der Waals surface area contributed by atoms with Crippen molar-refractivity contribution in [2.24, 2.45) is 4.99 Å². The molecule has 1 aliphatic rings. The number of carbonyl (C=O) groups excluding carboxylic acids is 1. The summed E-state index contributed by atoms with van der Waals surface area (Å²) in [5.41, 5.74) is 1.85. The van der Waals surface area contributed by atoms with Crippen molar-refractivity contribution in [2.45, 2.75) is 19.8 Å². The molecule has 0 spiro atoms. The number of anilines is 1. The quantitative estimate of drug-likeness (QED) is 0.833. The topological polar surface area (TPSA) is 53.5 Å². The van der Waals surface area contributed by atoms with Gasteiger partial charge in [-0.25, -0.2) is 0 Å². The molecule has 0 aromatic heterocycles. The van der Waals surface area contributed by atoms with Crippen molar-refractivity contribution in [3.05, 3.63) is 29.8 Å². The van der Waals surface area contributed by atoms with Crippen molar-refractivity contribution in [1.29, 1.82) is 0 Å². The Bertz CT molecular complexity index is 440. The molecule has 2 rings (SSSR count). The van der Waals surface area contributed by atoms with Crippen molar-refractivity contribution in [3.63, 3.8) is 0 Å². The second-order valence-corrected chi connectivity index (χ2v) is 3.99. The molecule has 90 valence electrons. The number of aliphatic imine (C=N–C) groups is 1. The average Bonchev–Trinajstić information content (AvgIpc) is 2.40. The molecular formula is C13H17N3O. The third kappa shape index (κ3) is 3.06. The summed E-state index contributed by atoms with van der Waals surface area (Å²) in [5.74, 6) is 0.949. The minimum Gasteiger partial charge on any atom is -0.370 e. The molecule has 17 heavy (non-hydrogen) atoms. The van der Waals surface area contributed by atoms with Crippen molar-refractivity contribution >= 4 is 17.4 Å². The van der Waals surface area contributed by atoms with Crippen LogP contribution in [-0.2, 0) is 4.79 Å². The number of nitrogens with zero attached hydrogens (tertiary/aromatic N) is 1. The summed E-state index contributed by atoms with van der Waals surface area (Å²) in [6.07, 6.45) is 1.57. The highest BCUT2D eigenvalue weighted by atomic mass is 16.1. The van der Waals surface area contributed by atoms with E-state index in [0.717, 1.165) is 36.6 Å². The molecule has 1 aliphatic heterocycles. The summed E-state index contributed by atoms with van der Waals surface area (Å²) in [7, 11) is 0. The van der Waals surface area contributed by atoms with Crippen molar-refractivity contribution in [2.75, 3.05) is 18.4 Å². The van der Waals surface area contributed by atoms with Crippen molar-refractivity contribution in [1.82, 2.24) is 5.32 Å². The smallest absolute Gasteiger partial charge is 0.224 e. The van der Waals surface area contributed by atoms with Crippen LogP contribution in [0.2, 0.25) is 0 Å². The second kappa shape index (κ2) is 5.48. The first-order valence-corrected chi connectivity index (χ1v) is 5.98. The van der Waals surface area contributed by atoms with E-state index >= 15 is 0 Å². The maximum atomic E-state index is 11.3. The summed E-state index contributed by atoms with van der Waals surface area (Å²) < 4.78 is 0. The van der Waals surface area contributed by atoms with Gasteiger partial charge >= 0.3 is 0 Å². The number of hydrogen-bond acceptors (Lipinski definition) is 3. The van der Waals surface area contributed by atoms with Gasteiger partial charge in [-0.05, 0) is 18.6 Å². The summed E-state index contributed by atoms with van der Waals surface area (Å²) >= 11 is 0. The van der Waals surface area contributed by atoms with Crippen molar-refractivity contribution in [3.8, 4) is 0 Å². The van der Waals surface area contributed by atoms with Gasteiger partial charge in [-0.2, -0.15) is 0 Å². The fourth-order valence-corrected chi connectivity index (χ4v) is 1.72. The Hall–Kier alpha value is -1.84. The number of amides is 1. The fraction of sp³-hybridized carbons (Fsp3) is 0.385. The van der Waals surface area contributed by atoms with E-state index < -0.39 is 0 Å². The largest absolute Gasteiger partial charge is 0.370 e. The summed E-state index contributed by atoms with van der Waals surface area (Å²) in [6, 6.07) is 7.77. The molecule has 1 amide bonds. The van der Waals surface area contributed by atoms with Gasteiger partial charge in [0.15, 0.2) is 0 Å². The van der Waals surface area contributed by atoms with Gasteiger partial charge < -0.3 is 10.6 Å². The van der Waals surface area contributed by atoms with Crippen LogP contribution in [-0.4, -0.2) is 24.8 Å². The minimum atomic E-state index is 0.0284. The zero-order chi connectivity index (χ0) is 12.1. The predicted molar refractivity (Wildman–Crippen MR) is 69.4 cm³/mol. The van der Waals surface area contributed by atoms with E-state index in [1.165, 1.54) is 0 Å². The molecule has 0 aliphatic carbocycles. The molecule has 4 nitrogen and oxygen atoms in total. The Kier molecular flexibility index (Phi) is 3.75. The van der Waals surface area contributed by atoms with Gasteiger partial charge in [0, 0.05) is 30.8 Å². The molecule has 0 bridgehead atoms. The highest BCUT2D eigenvalue weighted by Crippen LogP contribution is 2.12. The van der Waals surface area contributed by atoms with E-state index in [1.54, 1.807) is 0 Å². The molecule has 1 heterocycles. The summed E-state index contributed by atoms with van der Waals surface area (Å²) in [6.45, 7) is 3.67. The number of nitrogens with one attached hydrogen (secondary N) is 2. The number of rotatable bonds is 3. The molecule has 0 unspecified atom stereocenters. The maximum absolute atomic E-state index is 11.3. The van der Waals surface area contributed by atoms with Gasteiger partial charge in [-0.15, -0.1) is 0 Å². The molecule has 1 aromatic carbocycles. The lowest BCUT2D eigenvalue weighted by Gasteiger charge is -2.15. The van der Waals surface area contributed by atoms with Gasteiger partial charge in [0.05, 0.1) is 0 Å². The lowest BCUT2D eigenvalue weighted by atomic mass is 10.1. The molecule has 2 N–H and O–H groups in total.